The van der Waals surface area contributed by atoms with Gasteiger partial charge in [-0.3, -0.25) is 0 Å². The fourth-order valence-electron chi connectivity index (χ4n) is 10.3. The van der Waals surface area contributed by atoms with Crippen LogP contribution in [0.15, 0.2) is 0 Å². The maximum atomic E-state index is 7.03. The van der Waals surface area contributed by atoms with E-state index in [4.69, 9.17) is 31.4 Å². The predicted octanol–water partition coefficient (Wildman–Crippen LogP) is 7.04. The Morgan fingerprint density at radius 2 is 1.41 bits per heavy atom. The third-order valence-corrected chi connectivity index (χ3v) is 13.0. The summed E-state index contributed by atoms with van der Waals surface area (Å²) in [5, 5.41) is 3.72. The van der Waals surface area contributed by atoms with Crippen LogP contribution in [0.25, 0.3) is 0 Å². The number of hydrogen-bond acceptors (Lipinski definition) is 7. The lowest BCUT2D eigenvalue weighted by Crippen LogP contribution is -2.59. The first-order valence-corrected chi connectivity index (χ1v) is 20.0. The van der Waals surface area contributed by atoms with E-state index in [1.54, 1.807) is 0 Å². The van der Waals surface area contributed by atoms with Gasteiger partial charge in [-0.05, 0) is 158 Å². The molecular formula is C39H78N4O3. The second-order valence-electron chi connectivity index (χ2n) is 16.0. The van der Waals surface area contributed by atoms with E-state index in [0.29, 0.717) is 55.3 Å². The van der Waals surface area contributed by atoms with Gasteiger partial charge < -0.3 is 36.7 Å². The van der Waals surface area contributed by atoms with Crippen LogP contribution in [0.3, 0.4) is 0 Å². The lowest BCUT2D eigenvalue weighted by molar-refractivity contribution is -0.191. The van der Waals surface area contributed by atoms with Crippen LogP contribution in [-0.4, -0.2) is 70.9 Å². The van der Waals surface area contributed by atoms with Crippen LogP contribution in [0.1, 0.15) is 137 Å². The minimum absolute atomic E-state index is 0.160. The highest BCUT2D eigenvalue weighted by atomic mass is 16.5. The van der Waals surface area contributed by atoms with E-state index in [2.05, 4.69) is 39.9 Å². The molecule has 0 aromatic rings. The van der Waals surface area contributed by atoms with Gasteiger partial charge in [-0.15, -0.1) is 0 Å². The first-order chi connectivity index (χ1) is 22.3. The maximum Gasteiger partial charge on any atom is 0.0637 e. The Morgan fingerprint density at radius 1 is 0.761 bits per heavy atom. The highest BCUT2D eigenvalue weighted by Gasteiger charge is 2.63. The number of nitrogens with two attached hydrogens (primary N) is 3. The molecule has 3 saturated carbocycles. The standard InChI is InChI=1S/C39H78N4O3/c1-6-8-9-24-43-25-10-14-30(3)32-15-16-33-37(35(7-2)45-27-12-22-41)34(29-36(39(32,33)5)46-28-13-23-42)38(4)19-17-31(18-20-38)44-26-11-21-40/h30-37,43H,6-29,40-42H2,1-5H3/t30-,31-,32-,33+,34+,35-,36+,37?,38+,39-/m1/s1. The van der Waals surface area contributed by atoms with Crippen LogP contribution in [0.4, 0.5) is 0 Å². The Balaban J connectivity index is 1.85. The van der Waals surface area contributed by atoms with Crippen molar-refractivity contribution in [2.75, 3.05) is 52.5 Å². The molecule has 3 aliphatic carbocycles. The predicted molar refractivity (Wildman–Crippen MR) is 194 cm³/mol. The first kappa shape index (κ1) is 40.2. The normalized spacial score (nSPS) is 34.4. The fourth-order valence-corrected chi connectivity index (χ4v) is 10.3. The van der Waals surface area contributed by atoms with Gasteiger partial charge in [-0.2, -0.15) is 0 Å². The molecule has 3 rings (SSSR count). The summed E-state index contributed by atoms with van der Waals surface area (Å²) in [5.74, 6) is 3.14. The van der Waals surface area contributed by atoms with E-state index >= 15 is 0 Å². The molecule has 0 aliphatic heterocycles. The lowest BCUT2D eigenvalue weighted by Gasteiger charge is -2.60. The van der Waals surface area contributed by atoms with Gasteiger partial charge in [-0.1, -0.05) is 47.5 Å². The summed E-state index contributed by atoms with van der Waals surface area (Å²) in [6.45, 7) is 19.2. The van der Waals surface area contributed by atoms with Crippen LogP contribution in [0.5, 0.6) is 0 Å². The maximum absolute atomic E-state index is 7.03. The van der Waals surface area contributed by atoms with E-state index in [1.807, 2.05) is 0 Å². The molecule has 0 saturated heterocycles. The number of nitrogens with one attached hydrogen (secondary N) is 1. The Labute approximate surface area is 284 Å². The largest absolute Gasteiger partial charge is 0.378 e. The van der Waals surface area contributed by atoms with Gasteiger partial charge in [0, 0.05) is 25.2 Å². The topological polar surface area (TPSA) is 118 Å². The second-order valence-corrected chi connectivity index (χ2v) is 16.0. The summed E-state index contributed by atoms with van der Waals surface area (Å²) < 4.78 is 20.2. The van der Waals surface area contributed by atoms with Crippen molar-refractivity contribution in [1.29, 1.82) is 0 Å². The van der Waals surface area contributed by atoms with Crippen LogP contribution >= 0.6 is 0 Å². The molecule has 0 aromatic heterocycles. The zero-order valence-electron chi connectivity index (χ0n) is 31.0. The Bertz CT molecular complexity index is 793. The monoisotopic (exact) mass is 651 g/mol. The Morgan fingerprint density at radius 3 is 2.07 bits per heavy atom. The van der Waals surface area contributed by atoms with Gasteiger partial charge >= 0.3 is 0 Å². The van der Waals surface area contributed by atoms with Crippen molar-refractivity contribution in [3.63, 3.8) is 0 Å². The average Bonchev–Trinajstić information content (AvgIpc) is 3.42. The van der Waals surface area contributed by atoms with Crippen molar-refractivity contribution in [1.82, 2.24) is 5.32 Å². The Hall–Kier alpha value is -0.280. The summed E-state index contributed by atoms with van der Waals surface area (Å²) in [5.41, 5.74) is 18.1. The molecule has 272 valence electrons. The SMILES string of the molecule is CCCCCNCCC[C@@H](C)[C@H]1CC[C@H]2C([C@@H](CC)OCCCN)[C@@H]([C@]3(C)CC[C@H](OCCCN)CC3)C[C@H](OCCCN)[C@]12C. The number of rotatable bonds is 24. The molecule has 0 amide bonds. The van der Waals surface area contributed by atoms with Crippen molar-refractivity contribution in [3.8, 4) is 0 Å². The molecule has 7 nitrogen and oxygen atoms in total. The number of unbranched alkanes of at least 4 members (excludes halogenated alkanes) is 2. The number of hydrogen-bond donors (Lipinski definition) is 4. The van der Waals surface area contributed by atoms with Crippen molar-refractivity contribution >= 4 is 0 Å². The van der Waals surface area contributed by atoms with Crippen molar-refractivity contribution in [2.24, 2.45) is 57.6 Å². The molecule has 3 fully saturated rings. The van der Waals surface area contributed by atoms with Crippen LogP contribution < -0.4 is 22.5 Å². The third kappa shape index (κ3) is 10.6. The molecule has 7 heteroatoms. The fraction of sp³-hybridized carbons (Fsp3) is 1.00. The van der Waals surface area contributed by atoms with Gasteiger partial charge in [0.1, 0.15) is 0 Å². The molecule has 8 atom stereocenters. The highest BCUT2D eigenvalue weighted by Crippen LogP contribution is 2.66. The van der Waals surface area contributed by atoms with Gasteiger partial charge in [0.2, 0.25) is 0 Å². The average molecular weight is 651 g/mol. The van der Waals surface area contributed by atoms with Gasteiger partial charge in [0.05, 0.1) is 18.3 Å². The zero-order chi connectivity index (χ0) is 33.4. The van der Waals surface area contributed by atoms with Crippen LogP contribution in [-0.2, 0) is 14.2 Å². The molecular weight excluding hydrogens is 572 g/mol. The van der Waals surface area contributed by atoms with E-state index in [9.17, 15) is 0 Å². The van der Waals surface area contributed by atoms with Crippen LogP contribution in [0.2, 0.25) is 0 Å². The molecule has 46 heavy (non-hydrogen) atoms. The molecule has 1 unspecified atom stereocenters. The van der Waals surface area contributed by atoms with Gasteiger partial charge in [0.15, 0.2) is 0 Å². The molecule has 3 aliphatic rings. The van der Waals surface area contributed by atoms with E-state index in [-0.39, 0.29) is 23.0 Å². The lowest BCUT2D eigenvalue weighted by atomic mass is 9.48. The Kier molecular flexibility index (Phi) is 18.4. The van der Waals surface area contributed by atoms with Crippen molar-refractivity contribution < 1.29 is 14.2 Å². The summed E-state index contributed by atoms with van der Waals surface area (Å²) in [6.07, 6.45) is 19.8. The summed E-state index contributed by atoms with van der Waals surface area (Å²) in [4.78, 5) is 0. The number of ether oxygens (including phenoxy) is 3. The minimum atomic E-state index is 0.160. The van der Waals surface area contributed by atoms with Gasteiger partial charge in [-0.25, -0.2) is 0 Å². The number of fused-ring (bicyclic) bond motifs is 1. The summed E-state index contributed by atoms with van der Waals surface area (Å²) >= 11 is 0. The summed E-state index contributed by atoms with van der Waals surface area (Å²) in [6, 6.07) is 0. The third-order valence-electron chi connectivity index (χ3n) is 13.0. The second kappa shape index (κ2) is 21.1. The van der Waals surface area contributed by atoms with E-state index < -0.39 is 0 Å². The van der Waals surface area contributed by atoms with Crippen LogP contribution in [0, 0.1) is 40.4 Å². The molecule has 0 radical (unpaired) electrons. The van der Waals surface area contributed by atoms with E-state index in [1.165, 1.54) is 57.8 Å². The molecule has 0 aromatic carbocycles. The molecule has 0 heterocycles. The zero-order valence-corrected chi connectivity index (χ0v) is 31.0. The van der Waals surface area contributed by atoms with Crippen molar-refractivity contribution in [3.05, 3.63) is 0 Å². The molecule has 0 bridgehead atoms. The van der Waals surface area contributed by atoms with E-state index in [0.717, 1.165) is 77.9 Å². The molecule has 0 spiro atoms. The smallest absolute Gasteiger partial charge is 0.0637 e. The van der Waals surface area contributed by atoms with Crippen molar-refractivity contribution in [2.45, 2.75) is 156 Å². The van der Waals surface area contributed by atoms with Gasteiger partial charge in [0.25, 0.3) is 0 Å². The highest BCUT2D eigenvalue weighted by molar-refractivity contribution is 5.12. The molecule has 7 N–H and O–H groups in total. The first-order valence-electron chi connectivity index (χ1n) is 20.0. The quantitative estimate of drug-likeness (QED) is 0.0828. The summed E-state index contributed by atoms with van der Waals surface area (Å²) in [7, 11) is 0. The minimum Gasteiger partial charge on any atom is -0.378 e.